The first-order chi connectivity index (χ1) is 17.9. The maximum absolute atomic E-state index is 14.3. The normalized spacial score (nSPS) is 14.5. The van der Waals surface area contributed by atoms with E-state index in [0.717, 1.165) is 11.5 Å². The number of imidazole rings is 1. The second-order valence-electron chi connectivity index (χ2n) is 9.99. The molecule has 0 saturated heterocycles. The molecule has 15 heteroatoms. The second-order valence-corrected chi connectivity index (χ2v) is 9.99. The third-order valence-electron chi connectivity index (χ3n) is 5.60. The van der Waals surface area contributed by atoms with Crippen molar-refractivity contribution in [3.63, 3.8) is 0 Å². The Balaban J connectivity index is 1.85. The lowest BCUT2D eigenvalue weighted by Crippen LogP contribution is -2.45. The third kappa shape index (κ3) is 7.63. The maximum atomic E-state index is 14.3. The number of halogens is 6. The van der Waals surface area contributed by atoms with E-state index in [1.165, 1.54) is 4.90 Å². The van der Waals surface area contributed by atoms with Gasteiger partial charge in [0.1, 0.15) is 11.4 Å². The first kappa shape index (κ1) is 29.8. The van der Waals surface area contributed by atoms with Crippen LogP contribution in [0.4, 0.5) is 37.0 Å². The van der Waals surface area contributed by atoms with E-state index in [9.17, 15) is 40.7 Å². The van der Waals surface area contributed by atoms with Gasteiger partial charge < -0.3 is 24.8 Å². The summed E-state index contributed by atoms with van der Waals surface area (Å²) in [4.78, 5) is 41.8. The largest absolute Gasteiger partial charge is 0.449 e. The number of hydrogen-bond donors (Lipinski definition) is 2. The zero-order valence-electron chi connectivity index (χ0n) is 21.5. The highest BCUT2D eigenvalue weighted by Gasteiger charge is 2.41. The monoisotopic (exact) mass is 563 g/mol. The number of aromatic nitrogens is 2. The van der Waals surface area contributed by atoms with Crippen molar-refractivity contribution in [1.29, 1.82) is 0 Å². The van der Waals surface area contributed by atoms with Crippen LogP contribution in [-0.4, -0.2) is 50.5 Å². The van der Waals surface area contributed by atoms with E-state index in [-0.39, 0.29) is 36.7 Å². The fraction of sp³-hybridized carbons (Fsp3) is 0.500. The zero-order chi connectivity index (χ0) is 29.3. The van der Waals surface area contributed by atoms with Gasteiger partial charge >= 0.3 is 12.3 Å². The van der Waals surface area contributed by atoms with Crippen LogP contribution in [0.15, 0.2) is 12.1 Å². The predicted molar refractivity (Wildman–Crippen MR) is 125 cm³/mol. The molecule has 0 radical (unpaired) electrons. The maximum Gasteiger partial charge on any atom is 0.449 e. The van der Waals surface area contributed by atoms with Gasteiger partial charge in [-0.15, -0.1) is 0 Å². The van der Waals surface area contributed by atoms with Gasteiger partial charge in [0, 0.05) is 38.5 Å². The van der Waals surface area contributed by atoms with Crippen molar-refractivity contribution in [2.24, 2.45) is 0 Å². The molecule has 0 unspecified atom stereocenters. The SMILES string of the molecule is CC(=O)Nc1nc(C(F)(F)F)n2c1CN(C(=O)C[C@@H](Cc1cc(F)c(F)cc1F)NC(=O)OC(C)(C)C)CC2. The highest BCUT2D eigenvalue weighted by Crippen LogP contribution is 2.34. The van der Waals surface area contributed by atoms with Crippen LogP contribution in [-0.2, 0) is 40.0 Å². The molecular weight excluding hydrogens is 536 g/mol. The standard InChI is InChI=1S/C24H27F6N5O4/c1-12(36)31-20-18-11-34(5-6-35(18)21(33-20)24(28,29)30)19(37)9-14(32-22(38)39-23(2,3)4)7-13-8-16(26)17(27)10-15(13)25/h8,10,14H,5-7,9,11H2,1-4H3,(H,31,36)(H,32,38)/t14-/m1/s1. The molecule has 2 N–H and O–H groups in total. The van der Waals surface area contributed by atoms with Crippen LogP contribution in [0.3, 0.4) is 0 Å². The van der Waals surface area contributed by atoms with Gasteiger partial charge in [-0.25, -0.2) is 22.9 Å². The fourth-order valence-corrected chi connectivity index (χ4v) is 4.04. The summed E-state index contributed by atoms with van der Waals surface area (Å²) >= 11 is 0. The minimum Gasteiger partial charge on any atom is -0.444 e. The van der Waals surface area contributed by atoms with Gasteiger partial charge in [0.25, 0.3) is 0 Å². The molecule has 0 bridgehead atoms. The Morgan fingerprint density at radius 3 is 2.28 bits per heavy atom. The molecule has 2 heterocycles. The second kappa shape index (κ2) is 11.1. The third-order valence-corrected chi connectivity index (χ3v) is 5.60. The quantitative estimate of drug-likeness (QED) is 0.406. The summed E-state index contributed by atoms with van der Waals surface area (Å²) in [5.41, 5.74) is -1.30. The van der Waals surface area contributed by atoms with E-state index in [1.54, 1.807) is 20.8 Å². The minimum absolute atomic E-state index is 0.0552. The highest BCUT2D eigenvalue weighted by molar-refractivity contribution is 5.88. The van der Waals surface area contributed by atoms with E-state index >= 15 is 0 Å². The molecule has 2 aromatic rings. The Hall–Kier alpha value is -3.78. The zero-order valence-corrected chi connectivity index (χ0v) is 21.5. The van der Waals surface area contributed by atoms with Crippen LogP contribution in [0.5, 0.6) is 0 Å². The number of alkyl halides is 3. The smallest absolute Gasteiger partial charge is 0.444 e. The summed E-state index contributed by atoms with van der Waals surface area (Å²) in [6.45, 7) is 5.04. The lowest BCUT2D eigenvalue weighted by molar-refractivity contribution is -0.148. The van der Waals surface area contributed by atoms with Crippen molar-refractivity contribution in [2.45, 2.75) is 71.4 Å². The fourth-order valence-electron chi connectivity index (χ4n) is 4.04. The molecule has 1 aliphatic rings. The number of nitrogens with zero attached hydrogens (tertiary/aromatic N) is 3. The number of carbonyl (C=O) groups excluding carboxylic acids is 3. The number of alkyl carbamates (subject to hydrolysis) is 1. The van der Waals surface area contributed by atoms with E-state index in [2.05, 4.69) is 15.6 Å². The molecule has 3 rings (SSSR count). The average molecular weight is 563 g/mol. The van der Waals surface area contributed by atoms with Crippen molar-refractivity contribution in [3.05, 3.63) is 46.7 Å². The number of ether oxygens (including phenoxy) is 1. The first-order valence-electron chi connectivity index (χ1n) is 11.8. The topological polar surface area (TPSA) is 106 Å². The summed E-state index contributed by atoms with van der Waals surface area (Å²) in [5, 5.41) is 4.65. The Morgan fingerprint density at radius 2 is 1.69 bits per heavy atom. The number of rotatable bonds is 6. The Bertz CT molecular complexity index is 1270. The van der Waals surface area contributed by atoms with Gasteiger partial charge in [0.05, 0.1) is 12.2 Å². The summed E-state index contributed by atoms with van der Waals surface area (Å²) in [6.07, 6.45) is -6.67. The van der Waals surface area contributed by atoms with Crippen LogP contribution in [0, 0.1) is 17.5 Å². The van der Waals surface area contributed by atoms with E-state index in [1.807, 2.05) is 0 Å². The molecule has 9 nitrogen and oxygen atoms in total. The summed E-state index contributed by atoms with van der Waals surface area (Å²) in [7, 11) is 0. The Morgan fingerprint density at radius 1 is 1.05 bits per heavy atom. The molecule has 0 spiro atoms. The van der Waals surface area contributed by atoms with Gasteiger partial charge in [-0.1, -0.05) is 0 Å². The molecule has 0 aliphatic carbocycles. The number of carbonyl (C=O) groups is 3. The lowest BCUT2D eigenvalue weighted by atomic mass is 10.0. The van der Waals surface area contributed by atoms with E-state index in [4.69, 9.17) is 4.74 Å². The predicted octanol–water partition coefficient (Wildman–Crippen LogP) is 4.15. The van der Waals surface area contributed by atoms with E-state index in [0.29, 0.717) is 12.1 Å². The summed E-state index contributed by atoms with van der Waals surface area (Å²) in [5.74, 6) is -6.73. The van der Waals surface area contributed by atoms with E-state index < -0.39 is 71.8 Å². The number of benzene rings is 1. The van der Waals surface area contributed by atoms with Crippen LogP contribution in [0.1, 0.15) is 51.2 Å². The minimum atomic E-state index is -4.81. The highest BCUT2D eigenvalue weighted by atomic mass is 19.4. The molecule has 0 saturated carbocycles. The molecule has 0 fully saturated rings. The average Bonchev–Trinajstić information content (AvgIpc) is 3.13. The van der Waals surface area contributed by atoms with Crippen molar-refractivity contribution in [2.75, 3.05) is 11.9 Å². The van der Waals surface area contributed by atoms with Crippen LogP contribution in [0.25, 0.3) is 0 Å². The van der Waals surface area contributed by atoms with Crippen molar-refractivity contribution >= 4 is 23.7 Å². The Kier molecular flexibility index (Phi) is 8.50. The molecular formula is C24H27F6N5O4. The van der Waals surface area contributed by atoms with Gasteiger partial charge in [-0.05, 0) is 38.8 Å². The van der Waals surface area contributed by atoms with Crippen LogP contribution in [0.2, 0.25) is 0 Å². The van der Waals surface area contributed by atoms with Gasteiger partial charge in [0.2, 0.25) is 17.6 Å². The van der Waals surface area contributed by atoms with Crippen molar-refractivity contribution < 1.29 is 45.5 Å². The first-order valence-corrected chi connectivity index (χ1v) is 11.8. The van der Waals surface area contributed by atoms with Crippen LogP contribution >= 0.6 is 0 Å². The van der Waals surface area contributed by atoms with Gasteiger partial charge in [-0.3, -0.25) is 9.59 Å². The lowest BCUT2D eigenvalue weighted by Gasteiger charge is -2.31. The Labute approximate surface area is 219 Å². The molecule has 1 atom stereocenters. The molecule has 1 aromatic heterocycles. The number of nitrogens with one attached hydrogen (secondary N) is 2. The number of anilines is 1. The molecule has 3 amide bonds. The molecule has 1 aromatic carbocycles. The summed E-state index contributed by atoms with van der Waals surface area (Å²) < 4.78 is 87.9. The molecule has 39 heavy (non-hydrogen) atoms. The van der Waals surface area contributed by atoms with Gasteiger partial charge in [0.15, 0.2) is 17.5 Å². The number of fused-ring (bicyclic) bond motifs is 1. The van der Waals surface area contributed by atoms with Gasteiger partial charge in [-0.2, -0.15) is 13.2 Å². The van der Waals surface area contributed by atoms with Crippen molar-refractivity contribution in [3.8, 4) is 0 Å². The summed E-state index contributed by atoms with van der Waals surface area (Å²) in [6, 6.07) is -0.208. The molecule has 1 aliphatic heterocycles. The number of amides is 3. The molecule has 214 valence electrons. The number of hydrogen-bond acceptors (Lipinski definition) is 5. The van der Waals surface area contributed by atoms with Crippen molar-refractivity contribution in [1.82, 2.24) is 19.8 Å². The van der Waals surface area contributed by atoms with Crippen LogP contribution < -0.4 is 10.6 Å².